The topological polar surface area (TPSA) is 60.9 Å². The van der Waals surface area contributed by atoms with Gasteiger partial charge in [-0.05, 0) is 49.0 Å². The van der Waals surface area contributed by atoms with Gasteiger partial charge in [0.05, 0.1) is 10.9 Å². The summed E-state index contributed by atoms with van der Waals surface area (Å²) in [6, 6.07) is 2.59. The summed E-state index contributed by atoms with van der Waals surface area (Å²) in [5.74, 6) is 0.222. The summed E-state index contributed by atoms with van der Waals surface area (Å²) >= 11 is 0. The quantitative estimate of drug-likeness (QED) is 0.923. The summed E-state index contributed by atoms with van der Waals surface area (Å²) in [5.41, 5.74) is 7.62. The molecule has 21 heavy (non-hydrogen) atoms. The van der Waals surface area contributed by atoms with Crippen molar-refractivity contribution in [2.24, 2.45) is 12.8 Å². The van der Waals surface area contributed by atoms with Crippen LogP contribution in [0.1, 0.15) is 37.1 Å². The van der Waals surface area contributed by atoms with E-state index in [-0.39, 0.29) is 17.5 Å². The second kappa shape index (κ2) is 5.41. The molecule has 1 aromatic carbocycles. The summed E-state index contributed by atoms with van der Waals surface area (Å²) < 4.78 is 15.1. The Morgan fingerprint density at radius 1 is 1.38 bits per heavy atom. The molecule has 0 saturated carbocycles. The molecule has 110 valence electrons. The molecule has 0 fully saturated rings. The van der Waals surface area contributed by atoms with E-state index in [1.165, 1.54) is 23.1 Å². The van der Waals surface area contributed by atoms with Crippen LogP contribution in [0.25, 0.3) is 16.5 Å². The first-order valence-corrected chi connectivity index (χ1v) is 7.20. The first kappa shape index (κ1) is 13.9. The molecule has 0 saturated heterocycles. The van der Waals surface area contributed by atoms with E-state index in [1.54, 1.807) is 7.05 Å². The molecular weight excluding hydrogens is 269 g/mol. The van der Waals surface area contributed by atoms with Gasteiger partial charge in [-0.2, -0.15) is 0 Å². The third-order valence-electron chi connectivity index (χ3n) is 4.02. The number of halogens is 1. The van der Waals surface area contributed by atoms with Crippen LogP contribution in [0.2, 0.25) is 0 Å². The number of rotatable bonds is 2. The van der Waals surface area contributed by atoms with E-state index in [9.17, 15) is 9.18 Å². The predicted molar refractivity (Wildman–Crippen MR) is 81.3 cm³/mol. The molecule has 1 aliphatic carbocycles. The van der Waals surface area contributed by atoms with Gasteiger partial charge in [0.15, 0.2) is 0 Å². The van der Waals surface area contributed by atoms with Crippen molar-refractivity contribution in [1.82, 2.24) is 9.55 Å². The molecule has 5 heteroatoms. The van der Waals surface area contributed by atoms with E-state index in [4.69, 9.17) is 5.73 Å². The van der Waals surface area contributed by atoms with Gasteiger partial charge in [-0.15, -0.1) is 0 Å². The Bertz CT molecular complexity index is 792. The van der Waals surface area contributed by atoms with Crippen molar-refractivity contribution in [3.63, 3.8) is 0 Å². The maximum Gasteiger partial charge on any atom is 0.261 e. The van der Waals surface area contributed by atoms with E-state index in [2.05, 4.69) is 11.1 Å². The highest BCUT2D eigenvalue weighted by molar-refractivity contribution is 5.82. The molecule has 0 aliphatic heterocycles. The predicted octanol–water partition coefficient (Wildman–Crippen LogP) is 2.49. The summed E-state index contributed by atoms with van der Waals surface area (Å²) in [5, 5.41) is 0.290. The van der Waals surface area contributed by atoms with Crippen LogP contribution in [0.15, 0.2) is 23.0 Å². The van der Waals surface area contributed by atoms with E-state index in [0.717, 1.165) is 24.8 Å². The minimum atomic E-state index is -0.452. The van der Waals surface area contributed by atoms with Crippen LogP contribution in [-0.4, -0.2) is 9.55 Å². The van der Waals surface area contributed by atoms with Crippen LogP contribution in [0.4, 0.5) is 4.39 Å². The van der Waals surface area contributed by atoms with Crippen molar-refractivity contribution in [3.8, 4) is 0 Å². The van der Waals surface area contributed by atoms with E-state index in [1.807, 2.05) is 0 Å². The molecule has 1 aromatic heterocycles. The third kappa shape index (κ3) is 2.38. The average Bonchev–Trinajstić information content (AvgIpc) is 2.51. The normalized spacial score (nSPS) is 15.3. The van der Waals surface area contributed by atoms with E-state index in [0.29, 0.717) is 16.9 Å². The van der Waals surface area contributed by atoms with Gasteiger partial charge < -0.3 is 5.73 Å². The van der Waals surface area contributed by atoms with Crippen molar-refractivity contribution in [2.75, 3.05) is 0 Å². The van der Waals surface area contributed by atoms with Crippen LogP contribution >= 0.6 is 0 Å². The lowest BCUT2D eigenvalue weighted by atomic mass is 9.98. The molecule has 0 unspecified atom stereocenters. The molecule has 4 nitrogen and oxygen atoms in total. The van der Waals surface area contributed by atoms with Gasteiger partial charge >= 0.3 is 0 Å². The average molecular weight is 287 g/mol. The van der Waals surface area contributed by atoms with Crippen LogP contribution in [-0.2, 0) is 13.6 Å². The Kier molecular flexibility index (Phi) is 3.59. The summed E-state index contributed by atoms with van der Waals surface area (Å²) in [6.45, 7) is 0.160. The highest BCUT2D eigenvalue weighted by atomic mass is 19.1. The molecule has 0 amide bonds. The molecule has 2 aromatic rings. The van der Waals surface area contributed by atoms with Crippen LogP contribution in [0.3, 0.4) is 0 Å². The lowest BCUT2D eigenvalue weighted by Crippen LogP contribution is -2.23. The van der Waals surface area contributed by atoms with Crippen molar-refractivity contribution >= 4 is 16.5 Å². The maximum atomic E-state index is 13.6. The minimum Gasteiger partial charge on any atom is -0.326 e. The number of benzene rings is 1. The monoisotopic (exact) mass is 287 g/mol. The van der Waals surface area contributed by atoms with Crippen LogP contribution < -0.4 is 11.3 Å². The Morgan fingerprint density at radius 2 is 2.19 bits per heavy atom. The second-order valence-corrected chi connectivity index (χ2v) is 5.44. The Hall–Kier alpha value is -2.01. The molecule has 1 aliphatic rings. The number of fused-ring (bicyclic) bond motifs is 1. The molecule has 1 heterocycles. The zero-order valence-electron chi connectivity index (χ0n) is 12.0. The summed E-state index contributed by atoms with van der Waals surface area (Å²) in [4.78, 5) is 17.1. The molecule has 2 N–H and O–H groups in total. The number of hydrogen-bond acceptors (Lipinski definition) is 3. The highest BCUT2D eigenvalue weighted by Gasteiger charge is 2.16. The van der Waals surface area contributed by atoms with Crippen molar-refractivity contribution in [3.05, 3.63) is 45.8 Å². The van der Waals surface area contributed by atoms with Crippen molar-refractivity contribution in [2.45, 2.75) is 32.2 Å². The summed E-state index contributed by atoms with van der Waals surface area (Å²) in [7, 11) is 1.69. The smallest absolute Gasteiger partial charge is 0.261 e. The second-order valence-electron chi connectivity index (χ2n) is 5.44. The number of aromatic nitrogens is 2. The fourth-order valence-corrected chi connectivity index (χ4v) is 2.89. The number of hydrogen-bond donors (Lipinski definition) is 1. The standard InChI is InChI=1S/C16H18FN3O/c1-20-15(10-5-3-2-4-6-10)19-14-11(9-18)7-12(17)8-13(14)16(20)21/h5,7-8H,2-4,6,9,18H2,1H3. The first-order valence-electron chi connectivity index (χ1n) is 7.20. The number of allylic oxidation sites excluding steroid dienone is 2. The molecular formula is C16H18FN3O. The molecule has 0 spiro atoms. The van der Waals surface area contributed by atoms with Crippen molar-refractivity contribution < 1.29 is 4.39 Å². The fourth-order valence-electron chi connectivity index (χ4n) is 2.89. The molecule has 0 radical (unpaired) electrons. The van der Waals surface area contributed by atoms with E-state index >= 15 is 0 Å². The first-order chi connectivity index (χ1) is 10.1. The zero-order valence-corrected chi connectivity index (χ0v) is 12.0. The van der Waals surface area contributed by atoms with Gasteiger partial charge in [-0.3, -0.25) is 9.36 Å². The van der Waals surface area contributed by atoms with Gasteiger partial charge in [-0.25, -0.2) is 9.37 Å². The highest BCUT2D eigenvalue weighted by Crippen LogP contribution is 2.26. The van der Waals surface area contributed by atoms with Gasteiger partial charge in [0, 0.05) is 13.6 Å². The molecule has 0 bridgehead atoms. The van der Waals surface area contributed by atoms with Gasteiger partial charge in [0.2, 0.25) is 0 Å². The Balaban J connectivity index is 2.33. The fraction of sp³-hybridized carbons (Fsp3) is 0.375. The summed E-state index contributed by atoms with van der Waals surface area (Å²) in [6.07, 6.45) is 6.35. The van der Waals surface area contributed by atoms with Crippen LogP contribution in [0.5, 0.6) is 0 Å². The molecule has 0 atom stereocenters. The van der Waals surface area contributed by atoms with Gasteiger partial charge in [0.25, 0.3) is 5.56 Å². The lowest BCUT2D eigenvalue weighted by Gasteiger charge is -2.16. The third-order valence-corrected chi connectivity index (χ3v) is 4.02. The van der Waals surface area contributed by atoms with Gasteiger partial charge in [0.1, 0.15) is 11.6 Å². The van der Waals surface area contributed by atoms with Crippen molar-refractivity contribution in [1.29, 1.82) is 0 Å². The maximum absolute atomic E-state index is 13.6. The minimum absolute atomic E-state index is 0.160. The number of nitrogens with zero attached hydrogens (tertiary/aromatic N) is 2. The lowest BCUT2D eigenvalue weighted by molar-refractivity contribution is 0.626. The number of nitrogens with two attached hydrogens (primary N) is 1. The van der Waals surface area contributed by atoms with Gasteiger partial charge in [-0.1, -0.05) is 6.08 Å². The zero-order chi connectivity index (χ0) is 15.0. The molecule has 3 rings (SSSR count). The Labute approximate surface area is 122 Å². The Morgan fingerprint density at radius 3 is 2.86 bits per heavy atom. The largest absolute Gasteiger partial charge is 0.326 e. The SMILES string of the molecule is Cn1c(C2=CCCCC2)nc2c(CN)cc(F)cc2c1=O. The van der Waals surface area contributed by atoms with E-state index < -0.39 is 5.82 Å². The van der Waals surface area contributed by atoms with Crippen LogP contribution in [0, 0.1) is 5.82 Å².